The van der Waals surface area contributed by atoms with Crippen LogP contribution in [0.15, 0.2) is 48.5 Å². The zero-order valence-corrected chi connectivity index (χ0v) is 18.7. The average Bonchev–Trinajstić information content (AvgIpc) is 2.81. The number of ether oxygens (including phenoxy) is 1. The number of nitrogens with zero attached hydrogens (tertiary/aromatic N) is 5. The summed E-state index contributed by atoms with van der Waals surface area (Å²) in [5, 5.41) is 0.887. The van der Waals surface area contributed by atoms with Crippen molar-refractivity contribution in [2.24, 2.45) is 0 Å². The highest BCUT2D eigenvalue weighted by atomic mass is 16.5. The molecule has 4 rings (SSSR count). The van der Waals surface area contributed by atoms with Gasteiger partial charge in [0.05, 0.1) is 25.7 Å². The number of para-hydroxylation sites is 1. The second-order valence-electron chi connectivity index (χ2n) is 8.19. The fourth-order valence-corrected chi connectivity index (χ4v) is 3.93. The summed E-state index contributed by atoms with van der Waals surface area (Å²) in [6.45, 7) is 5.09. The van der Waals surface area contributed by atoms with Gasteiger partial charge in [-0.2, -0.15) is 0 Å². The van der Waals surface area contributed by atoms with E-state index in [-0.39, 0.29) is 5.91 Å². The highest BCUT2D eigenvalue weighted by molar-refractivity contribution is 5.87. The van der Waals surface area contributed by atoms with E-state index in [4.69, 9.17) is 10.5 Å². The Bertz CT molecular complexity index is 1060. The summed E-state index contributed by atoms with van der Waals surface area (Å²) >= 11 is 0. The van der Waals surface area contributed by atoms with Crippen molar-refractivity contribution in [2.45, 2.75) is 13.1 Å². The van der Waals surface area contributed by atoms with Crippen molar-refractivity contribution in [3.63, 3.8) is 0 Å². The molecule has 8 heteroatoms. The maximum absolute atomic E-state index is 12.7. The topological polar surface area (TPSA) is 87.8 Å². The van der Waals surface area contributed by atoms with Crippen LogP contribution in [0.3, 0.4) is 0 Å². The number of benzene rings is 2. The number of piperazine rings is 1. The van der Waals surface area contributed by atoms with Crippen molar-refractivity contribution in [3.05, 3.63) is 59.9 Å². The molecule has 2 heterocycles. The zero-order valence-electron chi connectivity index (χ0n) is 18.7. The summed E-state index contributed by atoms with van der Waals surface area (Å²) in [7, 11) is 3.50. The van der Waals surface area contributed by atoms with Gasteiger partial charge in [-0.15, -0.1) is 0 Å². The van der Waals surface area contributed by atoms with E-state index in [1.807, 2.05) is 55.6 Å². The van der Waals surface area contributed by atoms with E-state index < -0.39 is 0 Å². The molecule has 1 amide bonds. The fourth-order valence-electron chi connectivity index (χ4n) is 3.93. The van der Waals surface area contributed by atoms with E-state index in [1.165, 1.54) is 0 Å². The Labute approximate surface area is 188 Å². The predicted octanol–water partition coefficient (Wildman–Crippen LogP) is 2.00. The number of anilines is 1. The van der Waals surface area contributed by atoms with Crippen LogP contribution in [0.1, 0.15) is 11.4 Å². The van der Waals surface area contributed by atoms with E-state index in [1.54, 1.807) is 12.0 Å². The summed E-state index contributed by atoms with van der Waals surface area (Å²) in [4.78, 5) is 28.1. The monoisotopic (exact) mass is 434 g/mol. The van der Waals surface area contributed by atoms with Crippen LogP contribution in [0, 0.1) is 0 Å². The molecule has 3 aromatic rings. The number of methoxy groups -OCH3 is 1. The molecule has 0 spiro atoms. The van der Waals surface area contributed by atoms with Gasteiger partial charge in [-0.25, -0.2) is 9.97 Å². The Morgan fingerprint density at radius 3 is 2.44 bits per heavy atom. The number of carbonyl (C=O) groups is 1. The Balaban J connectivity index is 1.25. The Kier molecular flexibility index (Phi) is 6.82. The molecule has 2 aromatic carbocycles. The molecule has 168 valence electrons. The number of fused-ring (bicyclic) bond motifs is 1. The summed E-state index contributed by atoms with van der Waals surface area (Å²) in [5.41, 5.74) is 8.07. The SMILES string of the molecule is COc1ccc(CN(C)C(=O)CN2CCN(Cc3nc(N)c4ccccc4n3)CC2)cc1. The summed E-state index contributed by atoms with van der Waals surface area (Å²) < 4.78 is 5.19. The van der Waals surface area contributed by atoms with Crippen molar-refractivity contribution < 1.29 is 9.53 Å². The molecule has 0 saturated carbocycles. The zero-order chi connectivity index (χ0) is 22.5. The lowest BCUT2D eigenvalue weighted by molar-refractivity contribution is -0.132. The van der Waals surface area contributed by atoms with Crippen LogP contribution in [-0.4, -0.2) is 77.5 Å². The maximum atomic E-state index is 12.7. The van der Waals surface area contributed by atoms with E-state index in [0.29, 0.717) is 25.5 Å². The normalized spacial score (nSPS) is 15.1. The number of rotatable bonds is 7. The lowest BCUT2D eigenvalue weighted by Crippen LogP contribution is -2.49. The van der Waals surface area contributed by atoms with Gasteiger partial charge in [-0.05, 0) is 29.8 Å². The highest BCUT2D eigenvalue weighted by Gasteiger charge is 2.21. The molecule has 0 radical (unpaired) electrons. The van der Waals surface area contributed by atoms with Crippen molar-refractivity contribution in [1.82, 2.24) is 24.7 Å². The van der Waals surface area contributed by atoms with Crippen LogP contribution < -0.4 is 10.5 Å². The van der Waals surface area contributed by atoms with E-state index in [2.05, 4.69) is 19.8 Å². The largest absolute Gasteiger partial charge is 0.497 e. The molecule has 0 unspecified atom stereocenters. The number of carbonyl (C=O) groups excluding carboxylic acids is 1. The van der Waals surface area contributed by atoms with Gasteiger partial charge in [0.25, 0.3) is 0 Å². The summed E-state index contributed by atoms with van der Waals surface area (Å²) in [6, 6.07) is 15.6. The number of nitrogen functional groups attached to an aromatic ring is 1. The third-order valence-corrected chi connectivity index (χ3v) is 5.87. The number of amides is 1. The number of likely N-dealkylation sites (N-methyl/N-ethyl adjacent to an activating group) is 1. The number of hydrogen-bond donors (Lipinski definition) is 1. The van der Waals surface area contributed by atoms with Crippen LogP contribution in [-0.2, 0) is 17.9 Å². The van der Waals surface area contributed by atoms with E-state index >= 15 is 0 Å². The van der Waals surface area contributed by atoms with Crippen LogP contribution in [0.25, 0.3) is 10.9 Å². The smallest absolute Gasteiger partial charge is 0.236 e. The lowest BCUT2D eigenvalue weighted by Gasteiger charge is -2.34. The van der Waals surface area contributed by atoms with Crippen LogP contribution in [0.4, 0.5) is 5.82 Å². The molecule has 0 aliphatic carbocycles. The molecule has 0 bridgehead atoms. The minimum absolute atomic E-state index is 0.125. The van der Waals surface area contributed by atoms with Crippen molar-refractivity contribution in [3.8, 4) is 5.75 Å². The first kappa shape index (κ1) is 22.0. The van der Waals surface area contributed by atoms with Gasteiger partial charge < -0.3 is 15.4 Å². The first-order valence-corrected chi connectivity index (χ1v) is 10.8. The molecule has 8 nitrogen and oxygen atoms in total. The fraction of sp³-hybridized carbons (Fsp3) is 0.375. The molecule has 1 aliphatic heterocycles. The molecule has 1 saturated heterocycles. The van der Waals surface area contributed by atoms with Gasteiger partial charge >= 0.3 is 0 Å². The van der Waals surface area contributed by atoms with Gasteiger partial charge in [-0.3, -0.25) is 14.6 Å². The minimum Gasteiger partial charge on any atom is -0.497 e. The minimum atomic E-state index is 0.125. The van der Waals surface area contributed by atoms with Gasteiger partial charge in [0.2, 0.25) is 5.91 Å². The van der Waals surface area contributed by atoms with Crippen LogP contribution in [0.2, 0.25) is 0 Å². The number of aromatic nitrogens is 2. The van der Waals surface area contributed by atoms with Gasteiger partial charge in [0, 0.05) is 45.2 Å². The van der Waals surface area contributed by atoms with Crippen molar-refractivity contribution in [2.75, 3.05) is 52.6 Å². The lowest BCUT2D eigenvalue weighted by atomic mass is 10.2. The maximum Gasteiger partial charge on any atom is 0.236 e. The van der Waals surface area contributed by atoms with Crippen molar-refractivity contribution >= 4 is 22.6 Å². The number of hydrogen-bond acceptors (Lipinski definition) is 7. The van der Waals surface area contributed by atoms with Crippen molar-refractivity contribution in [1.29, 1.82) is 0 Å². The van der Waals surface area contributed by atoms with Gasteiger partial charge in [0.1, 0.15) is 17.4 Å². The standard InChI is InChI=1S/C24H30N6O2/c1-28(15-18-7-9-19(32-2)10-8-18)23(31)17-30-13-11-29(12-14-30)16-22-26-21-6-4-3-5-20(21)24(25)27-22/h3-10H,11-17H2,1-2H3,(H2,25,26,27). The molecule has 0 atom stereocenters. The molecular formula is C24H30N6O2. The third kappa shape index (κ3) is 5.33. The quantitative estimate of drug-likeness (QED) is 0.608. The molecule has 2 N–H and O–H groups in total. The molecular weight excluding hydrogens is 404 g/mol. The van der Waals surface area contributed by atoms with Gasteiger partial charge in [-0.1, -0.05) is 24.3 Å². The average molecular weight is 435 g/mol. The highest BCUT2D eigenvalue weighted by Crippen LogP contribution is 2.18. The third-order valence-electron chi connectivity index (χ3n) is 5.87. The molecule has 1 aliphatic rings. The van der Waals surface area contributed by atoms with E-state index in [9.17, 15) is 4.79 Å². The molecule has 32 heavy (non-hydrogen) atoms. The van der Waals surface area contributed by atoms with Crippen LogP contribution >= 0.6 is 0 Å². The number of nitrogens with two attached hydrogens (primary N) is 1. The predicted molar refractivity (Wildman–Crippen MR) is 125 cm³/mol. The Morgan fingerprint density at radius 1 is 1.03 bits per heavy atom. The Morgan fingerprint density at radius 2 is 1.72 bits per heavy atom. The Hall–Kier alpha value is -3.23. The first-order chi connectivity index (χ1) is 15.5. The second-order valence-corrected chi connectivity index (χ2v) is 8.19. The van der Waals surface area contributed by atoms with E-state index in [0.717, 1.165) is 54.2 Å². The molecule has 1 fully saturated rings. The first-order valence-electron chi connectivity index (χ1n) is 10.8. The second kappa shape index (κ2) is 9.93. The van der Waals surface area contributed by atoms with Gasteiger partial charge in [0.15, 0.2) is 0 Å². The summed E-state index contributed by atoms with van der Waals surface area (Å²) in [6.07, 6.45) is 0. The molecule has 1 aromatic heterocycles. The van der Waals surface area contributed by atoms with Crippen LogP contribution in [0.5, 0.6) is 5.75 Å². The summed E-state index contributed by atoms with van der Waals surface area (Å²) in [5.74, 6) is 2.21.